The predicted octanol–water partition coefficient (Wildman–Crippen LogP) is 5.80. The van der Waals surface area contributed by atoms with Gasteiger partial charge in [-0.05, 0) is 36.2 Å². The molecule has 5 heteroatoms. The fourth-order valence-corrected chi connectivity index (χ4v) is 4.18. The van der Waals surface area contributed by atoms with Gasteiger partial charge in [0, 0.05) is 30.4 Å². The molecule has 1 atom stereocenters. The molecule has 3 aromatic rings. The minimum absolute atomic E-state index is 0.00473. The lowest BCUT2D eigenvalue weighted by Gasteiger charge is -2.17. The SMILES string of the molecule is CCOc1ccc(C2(CC(=O)Cc3cccc(C(=O)c4ccccc4)c3)CC2(F)F)cc1. The molecule has 1 fully saturated rings. The second kappa shape index (κ2) is 8.65. The molecule has 32 heavy (non-hydrogen) atoms. The molecule has 0 spiro atoms. The summed E-state index contributed by atoms with van der Waals surface area (Å²) in [6.45, 7) is 2.34. The molecule has 0 bridgehead atoms. The Bertz CT molecular complexity index is 1120. The van der Waals surface area contributed by atoms with E-state index in [1.54, 1.807) is 72.8 Å². The summed E-state index contributed by atoms with van der Waals surface area (Å²) in [6, 6.07) is 22.3. The van der Waals surface area contributed by atoms with Gasteiger partial charge in [-0.25, -0.2) is 8.78 Å². The van der Waals surface area contributed by atoms with Gasteiger partial charge in [-0.1, -0.05) is 60.7 Å². The van der Waals surface area contributed by atoms with Crippen LogP contribution in [0.4, 0.5) is 8.78 Å². The first kappa shape index (κ1) is 21.9. The maximum absolute atomic E-state index is 14.4. The molecule has 0 aliphatic heterocycles. The molecule has 4 rings (SSSR count). The fourth-order valence-electron chi connectivity index (χ4n) is 4.18. The molecule has 0 heterocycles. The topological polar surface area (TPSA) is 43.4 Å². The standard InChI is InChI=1S/C27H24F2O3/c1-2-32-24-13-11-22(12-14-24)26(18-27(26,28)29)17-23(30)16-19-7-6-10-21(15-19)25(31)20-8-4-3-5-9-20/h3-15H,2,16-18H2,1H3. The van der Waals surface area contributed by atoms with Crippen molar-refractivity contribution in [1.29, 1.82) is 0 Å². The van der Waals surface area contributed by atoms with Gasteiger partial charge in [0.05, 0.1) is 12.0 Å². The largest absolute Gasteiger partial charge is 0.494 e. The molecule has 164 valence electrons. The van der Waals surface area contributed by atoms with Gasteiger partial charge < -0.3 is 4.74 Å². The van der Waals surface area contributed by atoms with E-state index in [-0.39, 0.29) is 30.8 Å². The van der Waals surface area contributed by atoms with Crippen molar-refractivity contribution in [3.8, 4) is 5.75 Å². The lowest BCUT2D eigenvalue weighted by Crippen LogP contribution is -2.22. The first-order valence-electron chi connectivity index (χ1n) is 10.7. The van der Waals surface area contributed by atoms with Crippen LogP contribution in [0.5, 0.6) is 5.75 Å². The molecule has 0 aromatic heterocycles. The molecule has 1 saturated carbocycles. The summed E-state index contributed by atoms with van der Waals surface area (Å²) in [4.78, 5) is 25.5. The molecule has 0 radical (unpaired) electrons. The summed E-state index contributed by atoms with van der Waals surface area (Å²) in [5, 5.41) is 0. The van der Waals surface area contributed by atoms with Gasteiger partial charge in [-0.2, -0.15) is 0 Å². The van der Waals surface area contributed by atoms with E-state index < -0.39 is 11.3 Å². The third-order valence-electron chi connectivity index (χ3n) is 5.94. The number of Topliss-reactive ketones (excluding diaryl/α,β-unsaturated/α-hetero) is 1. The summed E-state index contributed by atoms with van der Waals surface area (Å²) in [5.41, 5.74) is 0.657. The van der Waals surface area contributed by atoms with Crippen LogP contribution in [0.1, 0.15) is 46.8 Å². The van der Waals surface area contributed by atoms with Crippen LogP contribution in [0.25, 0.3) is 0 Å². The second-order valence-electron chi connectivity index (χ2n) is 8.21. The highest BCUT2D eigenvalue weighted by Gasteiger charge is 2.72. The summed E-state index contributed by atoms with van der Waals surface area (Å²) in [7, 11) is 0. The molecule has 0 N–H and O–H groups in total. The molecular weight excluding hydrogens is 410 g/mol. The number of hydrogen-bond donors (Lipinski definition) is 0. The van der Waals surface area contributed by atoms with Crippen LogP contribution in [-0.4, -0.2) is 24.1 Å². The number of alkyl halides is 2. The molecule has 1 aliphatic rings. The van der Waals surface area contributed by atoms with E-state index in [1.165, 1.54) is 0 Å². The summed E-state index contributed by atoms with van der Waals surface area (Å²) in [6.07, 6.45) is -0.581. The Balaban J connectivity index is 1.48. The number of rotatable bonds is 9. The number of ether oxygens (including phenoxy) is 1. The Morgan fingerprint density at radius 1 is 0.906 bits per heavy atom. The summed E-state index contributed by atoms with van der Waals surface area (Å²) in [5.74, 6) is -2.72. The number of carbonyl (C=O) groups is 2. The van der Waals surface area contributed by atoms with Crippen LogP contribution < -0.4 is 4.74 Å². The van der Waals surface area contributed by atoms with Crippen LogP contribution in [0.3, 0.4) is 0 Å². The van der Waals surface area contributed by atoms with Gasteiger partial charge in [0.15, 0.2) is 5.78 Å². The zero-order valence-corrected chi connectivity index (χ0v) is 17.8. The van der Waals surface area contributed by atoms with Crippen LogP contribution in [0, 0.1) is 0 Å². The predicted molar refractivity (Wildman–Crippen MR) is 118 cm³/mol. The van der Waals surface area contributed by atoms with Gasteiger partial charge in [0.2, 0.25) is 0 Å². The first-order chi connectivity index (χ1) is 15.3. The van der Waals surface area contributed by atoms with Crippen molar-refractivity contribution in [3.05, 3.63) is 101 Å². The van der Waals surface area contributed by atoms with Gasteiger partial charge in [0.1, 0.15) is 11.5 Å². The monoisotopic (exact) mass is 434 g/mol. The number of carbonyl (C=O) groups excluding carboxylic acids is 2. The average molecular weight is 434 g/mol. The van der Waals surface area contributed by atoms with Crippen molar-refractivity contribution < 1.29 is 23.1 Å². The Morgan fingerprint density at radius 3 is 2.19 bits per heavy atom. The van der Waals surface area contributed by atoms with Crippen molar-refractivity contribution in [3.63, 3.8) is 0 Å². The highest BCUT2D eigenvalue weighted by Crippen LogP contribution is 2.63. The van der Waals surface area contributed by atoms with Crippen molar-refractivity contribution in [2.24, 2.45) is 0 Å². The van der Waals surface area contributed by atoms with Crippen LogP contribution in [-0.2, 0) is 16.6 Å². The molecule has 3 nitrogen and oxygen atoms in total. The molecule has 1 aliphatic carbocycles. The number of halogens is 2. The van der Waals surface area contributed by atoms with Crippen molar-refractivity contribution >= 4 is 11.6 Å². The molecule has 0 saturated heterocycles. The maximum atomic E-state index is 14.4. The van der Waals surface area contributed by atoms with Crippen molar-refractivity contribution in [2.75, 3.05) is 6.61 Å². The normalized spacial score (nSPS) is 18.7. The lowest BCUT2D eigenvalue weighted by atomic mass is 9.88. The van der Waals surface area contributed by atoms with E-state index in [1.807, 2.05) is 13.0 Å². The van der Waals surface area contributed by atoms with Gasteiger partial charge in [-0.15, -0.1) is 0 Å². The summed E-state index contributed by atoms with van der Waals surface area (Å²) < 4.78 is 34.2. The Hall–Kier alpha value is -3.34. The van der Waals surface area contributed by atoms with E-state index >= 15 is 0 Å². The lowest BCUT2D eigenvalue weighted by molar-refractivity contribution is -0.119. The number of benzene rings is 3. The Labute approximate surface area is 186 Å². The summed E-state index contributed by atoms with van der Waals surface area (Å²) >= 11 is 0. The van der Waals surface area contributed by atoms with E-state index in [2.05, 4.69) is 0 Å². The Kier molecular flexibility index (Phi) is 5.92. The molecule has 3 aromatic carbocycles. The van der Waals surface area contributed by atoms with Crippen LogP contribution in [0.2, 0.25) is 0 Å². The number of ketones is 2. The minimum atomic E-state index is -2.92. The smallest absolute Gasteiger partial charge is 0.259 e. The average Bonchev–Trinajstić information content (AvgIpc) is 3.35. The van der Waals surface area contributed by atoms with Crippen molar-refractivity contribution in [1.82, 2.24) is 0 Å². The zero-order chi connectivity index (χ0) is 22.8. The van der Waals surface area contributed by atoms with Gasteiger partial charge in [-0.3, -0.25) is 9.59 Å². The van der Waals surface area contributed by atoms with Gasteiger partial charge >= 0.3 is 0 Å². The molecule has 0 amide bonds. The highest BCUT2D eigenvalue weighted by molar-refractivity contribution is 6.09. The van der Waals surface area contributed by atoms with E-state index in [0.717, 1.165) is 0 Å². The fraction of sp³-hybridized carbons (Fsp3) is 0.259. The van der Waals surface area contributed by atoms with E-state index in [4.69, 9.17) is 4.74 Å². The van der Waals surface area contributed by atoms with Crippen LogP contribution >= 0.6 is 0 Å². The quantitative estimate of drug-likeness (QED) is 0.400. The zero-order valence-electron chi connectivity index (χ0n) is 17.8. The van der Waals surface area contributed by atoms with E-state index in [0.29, 0.717) is 34.6 Å². The highest BCUT2D eigenvalue weighted by atomic mass is 19.3. The van der Waals surface area contributed by atoms with Crippen LogP contribution in [0.15, 0.2) is 78.9 Å². The van der Waals surface area contributed by atoms with Crippen molar-refractivity contribution in [2.45, 2.75) is 37.5 Å². The Morgan fingerprint density at radius 2 is 1.56 bits per heavy atom. The third kappa shape index (κ3) is 4.33. The van der Waals surface area contributed by atoms with Gasteiger partial charge in [0.25, 0.3) is 5.92 Å². The molecular formula is C27H24F2O3. The molecule has 1 unspecified atom stereocenters. The third-order valence-corrected chi connectivity index (χ3v) is 5.94. The second-order valence-corrected chi connectivity index (χ2v) is 8.21. The number of hydrogen-bond acceptors (Lipinski definition) is 3. The maximum Gasteiger partial charge on any atom is 0.259 e. The van der Waals surface area contributed by atoms with E-state index in [9.17, 15) is 18.4 Å². The minimum Gasteiger partial charge on any atom is -0.494 e. The first-order valence-corrected chi connectivity index (χ1v) is 10.7.